The Balaban J connectivity index is 0.00000182. The van der Waals surface area contributed by atoms with E-state index in [1.807, 2.05) is 35.5 Å². The van der Waals surface area contributed by atoms with Crippen molar-refractivity contribution in [2.24, 2.45) is 0 Å². The molecule has 1 fully saturated rings. The van der Waals surface area contributed by atoms with Gasteiger partial charge >= 0.3 is 0 Å². The number of rotatable bonds is 6. The van der Waals surface area contributed by atoms with Gasteiger partial charge in [0.2, 0.25) is 5.91 Å². The van der Waals surface area contributed by atoms with Crippen molar-refractivity contribution >= 4 is 42.1 Å². The quantitative estimate of drug-likeness (QED) is 0.758. The van der Waals surface area contributed by atoms with E-state index in [9.17, 15) is 4.79 Å². The number of amides is 1. The molecule has 0 saturated carbocycles. The number of ether oxygens (including phenoxy) is 2. The Hall–Kier alpha value is -1.54. The van der Waals surface area contributed by atoms with Gasteiger partial charge in [0.15, 0.2) is 11.5 Å². The summed E-state index contributed by atoms with van der Waals surface area (Å²) >= 11 is 1.53. The van der Waals surface area contributed by atoms with Crippen LogP contribution in [0, 0.1) is 0 Å². The maximum atomic E-state index is 12.5. The van der Waals surface area contributed by atoms with Crippen LogP contribution in [0.4, 0.5) is 0 Å². The molecule has 6 nitrogen and oxygen atoms in total. The lowest BCUT2D eigenvalue weighted by Crippen LogP contribution is -2.39. The highest BCUT2D eigenvalue weighted by molar-refractivity contribution is 7.13. The minimum Gasteiger partial charge on any atom is -0.493 e. The standard InChI is InChI=1S/C18H23N3O3S.2ClH/c1-21(14-6-7-19-10-14)17(22)9-13-11-25-18(20-13)12-4-5-15(23-2)16(8-12)24-3;;/h4-5,8,11,14,19H,6-7,9-10H2,1-3H3;2*1H. The molecule has 1 saturated heterocycles. The summed E-state index contributed by atoms with van der Waals surface area (Å²) in [4.78, 5) is 18.9. The monoisotopic (exact) mass is 433 g/mol. The summed E-state index contributed by atoms with van der Waals surface area (Å²) in [6, 6.07) is 6.00. The van der Waals surface area contributed by atoms with Gasteiger partial charge < -0.3 is 19.7 Å². The van der Waals surface area contributed by atoms with Crippen LogP contribution in [-0.2, 0) is 11.2 Å². The second-order valence-electron chi connectivity index (χ2n) is 6.04. The Kier molecular flexibility index (Phi) is 9.32. The van der Waals surface area contributed by atoms with Crippen molar-refractivity contribution in [3.05, 3.63) is 29.3 Å². The van der Waals surface area contributed by atoms with Crippen LogP contribution in [0.3, 0.4) is 0 Å². The number of halogens is 2. The van der Waals surface area contributed by atoms with Crippen molar-refractivity contribution in [2.45, 2.75) is 18.9 Å². The fraction of sp³-hybridized carbons (Fsp3) is 0.444. The van der Waals surface area contributed by atoms with Gasteiger partial charge in [-0.2, -0.15) is 0 Å². The van der Waals surface area contributed by atoms with Crippen LogP contribution in [0.2, 0.25) is 0 Å². The number of carbonyl (C=O) groups excluding carboxylic acids is 1. The molecule has 1 aromatic carbocycles. The summed E-state index contributed by atoms with van der Waals surface area (Å²) in [6.45, 7) is 1.85. The molecule has 0 bridgehead atoms. The smallest absolute Gasteiger partial charge is 0.228 e. The molecule has 27 heavy (non-hydrogen) atoms. The van der Waals surface area contributed by atoms with Crippen LogP contribution in [0.5, 0.6) is 11.5 Å². The number of hydrogen-bond donors (Lipinski definition) is 1. The average molecular weight is 434 g/mol. The number of likely N-dealkylation sites (N-methyl/N-ethyl adjacent to an activating group) is 1. The number of aromatic nitrogens is 1. The zero-order chi connectivity index (χ0) is 17.8. The predicted octanol–water partition coefficient (Wildman–Crippen LogP) is 3.03. The number of nitrogens with zero attached hydrogens (tertiary/aromatic N) is 2. The third-order valence-electron chi connectivity index (χ3n) is 4.49. The lowest BCUT2D eigenvalue weighted by Gasteiger charge is -2.23. The summed E-state index contributed by atoms with van der Waals surface area (Å²) in [7, 11) is 5.10. The summed E-state index contributed by atoms with van der Waals surface area (Å²) in [6.07, 6.45) is 1.34. The molecule has 1 unspecified atom stereocenters. The summed E-state index contributed by atoms with van der Waals surface area (Å²) < 4.78 is 10.6. The Bertz CT molecular complexity index is 751. The topological polar surface area (TPSA) is 63.7 Å². The number of nitrogens with one attached hydrogen (secondary N) is 1. The number of hydrogen-bond acceptors (Lipinski definition) is 6. The van der Waals surface area contributed by atoms with E-state index in [0.717, 1.165) is 35.8 Å². The van der Waals surface area contributed by atoms with E-state index in [0.29, 0.717) is 17.9 Å². The highest BCUT2D eigenvalue weighted by Gasteiger charge is 2.23. The molecule has 9 heteroatoms. The normalized spacial score (nSPS) is 15.4. The minimum atomic E-state index is 0. The van der Waals surface area contributed by atoms with Gasteiger partial charge in [-0.1, -0.05) is 0 Å². The van der Waals surface area contributed by atoms with Crippen molar-refractivity contribution in [1.82, 2.24) is 15.2 Å². The number of benzene rings is 1. The van der Waals surface area contributed by atoms with Crippen molar-refractivity contribution in [2.75, 3.05) is 34.4 Å². The maximum Gasteiger partial charge on any atom is 0.228 e. The fourth-order valence-corrected chi connectivity index (χ4v) is 3.76. The molecule has 0 spiro atoms. The fourth-order valence-electron chi connectivity index (χ4n) is 2.94. The van der Waals surface area contributed by atoms with Gasteiger partial charge in [0.1, 0.15) is 5.01 Å². The van der Waals surface area contributed by atoms with Crippen LogP contribution in [0.1, 0.15) is 12.1 Å². The predicted molar refractivity (Wildman–Crippen MR) is 113 cm³/mol. The molecule has 1 aromatic heterocycles. The van der Waals surface area contributed by atoms with Gasteiger partial charge in [0.05, 0.1) is 26.3 Å². The first-order chi connectivity index (χ1) is 12.1. The zero-order valence-electron chi connectivity index (χ0n) is 15.6. The van der Waals surface area contributed by atoms with E-state index in [1.54, 1.807) is 14.2 Å². The van der Waals surface area contributed by atoms with Crippen molar-refractivity contribution in [3.63, 3.8) is 0 Å². The van der Waals surface area contributed by atoms with E-state index in [4.69, 9.17) is 9.47 Å². The second-order valence-corrected chi connectivity index (χ2v) is 6.90. The van der Waals surface area contributed by atoms with Crippen LogP contribution in [-0.4, -0.2) is 56.2 Å². The number of carbonyl (C=O) groups is 1. The molecule has 1 N–H and O–H groups in total. The Morgan fingerprint density at radius 3 is 2.67 bits per heavy atom. The van der Waals surface area contributed by atoms with Crippen molar-refractivity contribution in [3.8, 4) is 22.1 Å². The zero-order valence-corrected chi connectivity index (χ0v) is 18.0. The molecule has 150 valence electrons. The van der Waals surface area contributed by atoms with Crippen LogP contribution in [0.25, 0.3) is 10.6 Å². The van der Waals surface area contributed by atoms with Gasteiger partial charge in [0, 0.05) is 30.6 Å². The van der Waals surface area contributed by atoms with E-state index >= 15 is 0 Å². The van der Waals surface area contributed by atoms with E-state index in [-0.39, 0.29) is 36.8 Å². The Labute approximate surface area is 176 Å². The van der Waals surface area contributed by atoms with E-state index in [1.165, 1.54) is 11.3 Å². The lowest BCUT2D eigenvalue weighted by molar-refractivity contribution is -0.130. The largest absolute Gasteiger partial charge is 0.493 e. The lowest BCUT2D eigenvalue weighted by atomic mass is 10.2. The summed E-state index contributed by atoms with van der Waals surface area (Å²) in [5, 5.41) is 6.11. The molecule has 1 aliphatic rings. The molecule has 1 atom stereocenters. The maximum absolute atomic E-state index is 12.5. The van der Waals surface area contributed by atoms with E-state index in [2.05, 4.69) is 10.3 Å². The highest BCUT2D eigenvalue weighted by atomic mass is 35.5. The first kappa shape index (κ1) is 23.5. The molecule has 0 aliphatic carbocycles. The SMILES string of the molecule is COc1ccc(-c2nc(CC(=O)N(C)C3CCNC3)cs2)cc1OC.Cl.Cl. The summed E-state index contributed by atoms with van der Waals surface area (Å²) in [5.74, 6) is 1.46. The third kappa shape index (κ3) is 5.48. The molecular weight excluding hydrogens is 409 g/mol. The molecule has 3 rings (SSSR count). The minimum absolute atomic E-state index is 0. The van der Waals surface area contributed by atoms with Crippen molar-refractivity contribution < 1.29 is 14.3 Å². The number of thiazole rings is 1. The second kappa shape index (κ2) is 10.7. The van der Waals surface area contributed by atoms with E-state index < -0.39 is 0 Å². The summed E-state index contributed by atoms with van der Waals surface area (Å²) in [5.41, 5.74) is 1.76. The van der Waals surface area contributed by atoms with Crippen LogP contribution < -0.4 is 14.8 Å². The van der Waals surface area contributed by atoms with Crippen LogP contribution in [0.15, 0.2) is 23.6 Å². The molecule has 2 aromatic rings. The average Bonchev–Trinajstić information content (AvgIpc) is 3.32. The van der Waals surface area contributed by atoms with Gasteiger partial charge in [0.25, 0.3) is 0 Å². The van der Waals surface area contributed by atoms with Crippen LogP contribution >= 0.6 is 36.2 Å². The molecule has 0 radical (unpaired) electrons. The Morgan fingerprint density at radius 2 is 2.04 bits per heavy atom. The van der Waals surface area contributed by atoms with Gasteiger partial charge in [-0.3, -0.25) is 4.79 Å². The van der Waals surface area contributed by atoms with Crippen molar-refractivity contribution in [1.29, 1.82) is 0 Å². The van der Waals surface area contributed by atoms with Gasteiger partial charge in [-0.25, -0.2) is 4.98 Å². The molecular formula is C18H25Cl2N3O3S. The number of methoxy groups -OCH3 is 2. The first-order valence-corrected chi connectivity index (χ1v) is 9.13. The third-order valence-corrected chi connectivity index (χ3v) is 5.43. The first-order valence-electron chi connectivity index (χ1n) is 8.25. The van der Waals surface area contributed by atoms with Gasteiger partial charge in [-0.05, 0) is 31.2 Å². The molecule has 1 amide bonds. The van der Waals surface area contributed by atoms with Gasteiger partial charge in [-0.15, -0.1) is 36.2 Å². The Morgan fingerprint density at radius 1 is 1.30 bits per heavy atom. The molecule has 1 aliphatic heterocycles. The molecule has 2 heterocycles. The highest BCUT2D eigenvalue weighted by Crippen LogP contribution is 2.33.